The van der Waals surface area contributed by atoms with Crippen molar-refractivity contribution in [2.45, 2.75) is 39.7 Å². The number of aryl methyl sites for hydroxylation is 2. The first-order chi connectivity index (χ1) is 12.6. The number of aromatic nitrogens is 3. The third kappa shape index (κ3) is 3.13. The molecule has 0 N–H and O–H groups in total. The standard InChI is InChI=1S/C22H21N3O/c1-15-6-9-20-24-19-14-17(7-8-18-5-3-4-11-23-18)13-16(2)21(19)22(26)25(20)12-10-15/h3-5,11,13-15H,6,9-10,12H2,1-2H3. The summed E-state index contributed by atoms with van der Waals surface area (Å²) < 4.78 is 1.87. The molecule has 0 radical (unpaired) electrons. The number of fused-ring (bicyclic) bond motifs is 2. The van der Waals surface area contributed by atoms with Crippen LogP contribution in [0, 0.1) is 24.7 Å². The SMILES string of the molecule is Cc1cc(C#Cc2ccccn2)cc2nc3n(c(=O)c12)CCC(C)CC3. The summed E-state index contributed by atoms with van der Waals surface area (Å²) in [5, 5.41) is 0.715. The molecule has 1 aromatic carbocycles. The smallest absolute Gasteiger partial charge is 0.261 e. The van der Waals surface area contributed by atoms with E-state index in [9.17, 15) is 4.79 Å². The van der Waals surface area contributed by atoms with E-state index in [4.69, 9.17) is 4.98 Å². The Labute approximate surface area is 152 Å². The molecule has 0 aliphatic carbocycles. The monoisotopic (exact) mass is 343 g/mol. The molecule has 1 aliphatic heterocycles. The highest BCUT2D eigenvalue weighted by atomic mass is 16.1. The normalized spacial score (nSPS) is 16.5. The maximum Gasteiger partial charge on any atom is 0.261 e. The van der Waals surface area contributed by atoms with Crippen LogP contribution >= 0.6 is 0 Å². The van der Waals surface area contributed by atoms with E-state index < -0.39 is 0 Å². The van der Waals surface area contributed by atoms with Gasteiger partial charge in [0.25, 0.3) is 5.56 Å². The van der Waals surface area contributed by atoms with Crippen LogP contribution in [0.25, 0.3) is 10.9 Å². The van der Waals surface area contributed by atoms with E-state index in [0.29, 0.717) is 11.3 Å². The Morgan fingerprint density at radius 3 is 2.88 bits per heavy atom. The summed E-state index contributed by atoms with van der Waals surface area (Å²) in [5.74, 6) is 7.75. The average Bonchev–Trinajstić information content (AvgIpc) is 2.83. The van der Waals surface area contributed by atoms with Gasteiger partial charge in [0.05, 0.1) is 10.9 Å². The van der Waals surface area contributed by atoms with E-state index in [-0.39, 0.29) is 5.56 Å². The lowest BCUT2D eigenvalue weighted by atomic mass is 10.0. The molecule has 2 aromatic heterocycles. The number of nitrogens with zero attached hydrogens (tertiary/aromatic N) is 3. The van der Waals surface area contributed by atoms with Crippen LogP contribution in [0.1, 0.15) is 42.4 Å². The van der Waals surface area contributed by atoms with Gasteiger partial charge in [-0.25, -0.2) is 9.97 Å². The first kappa shape index (κ1) is 16.5. The summed E-state index contributed by atoms with van der Waals surface area (Å²) in [7, 11) is 0. The maximum atomic E-state index is 13.0. The molecule has 3 heterocycles. The second-order valence-electron chi connectivity index (χ2n) is 7.07. The summed E-state index contributed by atoms with van der Waals surface area (Å²) in [6.07, 6.45) is 4.70. The van der Waals surface area contributed by atoms with Gasteiger partial charge in [0.1, 0.15) is 11.5 Å². The minimum Gasteiger partial charge on any atom is -0.296 e. The Morgan fingerprint density at radius 1 is 1.19 bits per heavy atom. The van der Waals surface area contributed by atoms with Crippen LogP contribution in [0.4, 0.5) is 0 Å². The number of hydrogen-bond acceptors (Lipinski definition) is 3. The minimum atomic E-state index is 0.0841. The molecule has 26 heavy (non-hydrogen) atoms. The van der Waals surface area contributed by atoms with E-state index in [2.05, 4.69) is 23.7 Å². The van der Waals surface area contributed by atoms with Crippen LogP contribution < -0.4 is 5.56 Å². The summed E-state index contributed by atoms with van der Waals surface area (Å²) in [5.41, 5.74) is 3.36. The summed E-state index contributed by atoms with van der Waals surface area (Å²) in [6, 6.07) is 9.56. The van der Waals surface area contributed by atoms with E-state index in [1.807, 2.05) is 41.8 Å². The first-order valence-corrected chi connectivity index (χ1v) is 9.09. The average molecular weight is 343 g/mol. The van der Waals surface area contributed by atoms with Crippen molar-refractivity contribution in [1.29, 1.82) is 0 Å². The molecular formula is C22H21N3O. The van der Waals surface area contributed by atoms with Gasteiger partial charge < -0.3 is 0 Å². The van der Waals surface area contributed by atoms with E-state index in [0.717, 1.165) is 54.0 Å². The van der Waals surface area contributed by atoms with Gasteiger partial charge in [0.2, 0.25) is 0 Å². The molecule has 4 heteroatoms. The highest BCUT2D eigenvalue weighted by Crippen LogP contribution is 2.21. The molecule has 4 nitrogen and oxygen atoms in total. The van der Waals surface area contributed by atoms with Crippen molar-refractivity contribution in [2.24, 2.45) is 5.92 Å². The van der Waals surface area contributed by atoms with Crippen LogP contribution in [0.2, 0.25) is 0 Å². The van der Waals surface area contributed by atoms with Crippen molar-refractivity contribution in [1.82, 2.24) is 14.5 Å². The Balaban J connectivity index is 1.83. The Hall–Kier alpha value is -2.93. The third-order valence-corrected chi connectivity index (χ3v) is 5.04. The topological polar surface area (TPSA) is 47.8 Å². The second-order valence-corrected chi connectivity index (χ2v) is 7.07. The van der Waals surface area contributed by atoms with Gasteiger partial charge in [0, 0.05) is 24.7 Å². The molecule has 0 saturated heterocycles. The molecule has 1 unspecified atom stereocenters. The quantitative estimate of drug-likeness (QED) is 0.587. The minimum absolute atomic E-state index is 0.0841. The Morgan fingerprint density at radius 2 is 2.08 bits per heavy atom. The lowest BCUT2D eigenvalue weighted by Crippen LogP contribution is -2.25. The number of pyridine rings is 1. The largest absolute Gasteiger partial charge is 0.296 e. The molecule has 4 rings (SSSR count). The van der Waals surface area contributed by atoms with Gasteiger partial charge in [-0.15, -0.1) is 0 Å². The van der Waals surface area contributed by atoms with Crippen molar-refractivity contribution in [3.63, 3.8) is 0 Å². The molecule has 1 aliphatic rings. The molecule has 0 spiro atoms. The predicted octanol–water partition coefficient (Wildman–Crippen LogP) is 3.47. The van der Waals surface area contributed by atoms with E-state index in [1.54, 1.807) is 6.20 Å². The van der Waals surface area contributed by atoms with Crippen molar-refractivity contribution in [3.05, 3.63) is 69.5 Å². The van der Waals surface area contributed by atoms with Crippen LogP contribution in [-0.4, -0.2) is 14.5 Å². The van der Waals surface area contributed by atoms with Gasteiger partial charge in [0.15, 0.2) is 0 Å². The van der Waals surface area contributed by atoms with Crippen molar-refractivity contribution in [2.75, 3.05) is 0 Å². The molecular weight excluding hydrogens is 322 g/mol. The molecule has 0 fully saturated rings. The predicted molar refractivity (Wildman–Crippen MR) is 103 cm³/mol. The van der Waals surface area contributed by atoms with Crippen molar-refractivity contribution >= 4 is 10.9 Å². The van der Waals surface area contributed by atoms with Gasteiger partial charge >= 0.3 is 0 Å². The van der Waals surface area contributed by atoms with Gasteiger partial charge in [-0.05, 0) is 61.4 Å². The van der Waals surface area contributed by atoms with E-state index in [1.165, 1.54) is 0 Å². The van der Waals surface area contributed by atoms with Crippen LogP contribution in [0.3, 0.4) is 0 Å². The molecule has 130 valence electrons. The zero-order valence-electron chi connectivity index (χ0n) is 15.1. The fourth-order valence-electron chi connectivity index (χ4n) is 3.52. The highest BCUT2D eigenvalue weighted by Gasteiger charge is 2.18. The maximum absolute atomic E-state index is 13.0. The second kappa shape index (κ2) is 6.76. The van der Waals surface area contributed by atoms with Crippen molar-refractivity contribution in [3.8, 4) is 11.8 Å². The molecule has 1 atom stereocenters. The molecule has 0 amide bonds. The molecule has 3 aromatic rings. The number of benzene rings is 1. The highest BCUT2D eigenvalue weighted by molar-refractivity contribution is 5.83. The lowest BCUT2D eigenvalue weighted by molar-refractivity contribution is 0.484. The van der Waals surface area contributed by atoms with Crippen LogP contribution in [0.15, 0.2) is 41.3 Å². The Kier molecular flexibility index (Phi) is 4.30. The summed E-state index contributed by atoms with van der Waals surface area (Å²) in [4.78, 5) is 22.1. The fourth-order valence-corrected chi connectivity index (χ4v) is 3.52. The lowest BCUT2D eigenvalue weighted by Gasteiger charge is -2.11. The van der Waals surface area contributed by atoms with Gasteiger partial charge in [-0.3, -0.25) is 9.36 Å². The van der Waals surface area contributed by atoms with Crippen molar-refractivity contribution < 1.29 is 0 Å². The molecule has 0 bridgehead atoms. The number of hydrogen-bond donors (Lipinski definition) is 0. The first-order valence-electron chi connectivity index (χ1n) is 9.09. The van der Waals surface area contributed by atoms with Crippen LogP contribution in [0.5, 0.6) is 0 Å². The third-order valence-electron chi connectivity index (χ3n) is 5.04. The van der Waals surface area contributed by atoms with Gasteiger partial charge in [-0.1, -0.05) is 18.9 Å². The van der Waals surface area contributed by atoms with Crippen LogP contribution in [-0.2, 0) is 13.0 Å². The zero-order chi connectivity index (χ0) is 18.1. The molecule has 0 saturated carbocycles. The number of rotatable bonds is 0. The van der Waals surface area contributed by atoms with E-state index >= 15 is 0 Å². The zero-order valence-corrected chi connectivity index (χ0v) is 15.1. The van der Waals surface area contributed by atoms with Gasteiger partial charge in [-0.2, -0.15) is 0 Å². The Bertz CT molecular complexity index is 1090. The summed E-state index contributed by atoms with van der Waals surface area (Å²) in [6.45, 7) is 4.97. The fraction of sp³-hybridized carbons (Fsp3) is 0.318. The summed E-state index contributed by atoms with van der Waals surface area (Å²) >= 11 is 0.